The Labute approximate surface area is 98.7 Å². The second-order valence-electron chi connectivity index (χ2n) is 3.94. The van der Waals surface area contributed by atoms with E-state index in [0.29, 0.717) is 0 Å². The monoisotopic (exact) mass is 240 g/mol. The fourth-order valence-corrected chi connectivity index (χ4v) is 3.01. The highest BCUT2D eigenvalue weighted by Gasteiger charge is 2.20. The number of nitrogens with zero attached hydrogens (tertiary/aromatic N) is 3. The van der Waals surface area contributed by atoms with Crippen LogP contribution in [0.1, 0.15) is 38.5 Å². The van der Waals surface area contributed by atoms with Gasteiger partial charge in [0.05, 0.1) is 11.0 Å². The molecule has 1 heterocycles. The topological polar surface area (TPSA) is 74.2 Å². The van der Waals surface area contributed by atoms with E-state index in [4.69, 9.17) is 5.21 Å². The summed E-state index contributed by atoms with van der Waals surface area (Å²) >= 11 is 1.61. The summed E-state index contributed by atoms with van der Waals surface area (Å²) in [6, 6.07) is 0. The summed E-state index contributed by atoms with van der Waals surface area (Å²) in [7, 11) is 0. The molecular weight excluding hydrogens is 224 g/mol. The van der Waals surface area contributed by atoms with Gasteiger partial charge in [-0.3, -0.25) is 5.10 Å². The van der Waals surface area contributed by atoms with Crippen LogP contribution in [-0.2, 0) is 0 Å². The van der Waals surface area contributed by atoms with Crippen LogP contribution >= 0.6 is 11.8 Å². The summed E-state index contributed by atoms with van der Waals surface area (Å²) in [6.07, 6.45) is 8.25. The Morgan fingerprint density at radius 3 is 3.00 bits per heavy atom. The van der Waals surface area contributed by atoms with E-state index in [9.17, 15) is 0 Å². The molecular formula is C10H16N4OS. The zero-order valence-corrected chi connectivity index (χ0v) is 9.91. The lowest BCUT2D eigenvalue weighted by Gasteiger charge is -2.19. The summed E-state index contributed by atoms with van der Waals surface area (Å²) in [6.45, 7) is 0. The molecule has 1 fully saturated rings. The van der Waals surface area contributed by atoms with E-state index in [-0.39, 0.29) is 5.25 Å². The third-order valence-corrected chi connectivity index (χ3v) is 4.01. The average Bonchev–Trinajstić information content (AvgIpc) is 2.75. The van der Waals surface area contributed by atoms with Gasteiger partial charge < -0.3 is 5.21 Å². The molecule has 0 unspecified atom stereocenters. The maximum atomic E-state index is 9.04. The van der Waals surface area contributed by atoms with Crippen molar-refractivity contribution >= 4 is 17.5 Å². The third kappa shape index (κ3) is 2.98. The Morgan fingerprint density at radius 1 is 1.38 bits per heavy atom. The highest BCUT2D eigenvalue weighted by molar-refractivity contribution is 8.00. The molecule has 88 valence electrons. The number of H-pyrrole nitrogens is 1. The highest BCUT2D eigenvalue weighted by Crippen LogP contribution is 2.28. The van der Waals surface area contributed by atoms with Gasteiger partial charge in [0.2, 0.25) is 0 Å². The molecule has 0 spiro atoms. The lowest BCUT2D eigenvalue weighted by atomic mass is 9.99. The molecule has 1 saturated carbocycles. The second-order valence-corrected chi connectivity index (χ2v) is 5.13. The van der Waals surface area contributed by atoms with Crippen LogP contribution in [0.25, 0.3) is 0 Å². The van der Waals surface area contributed by atoms with E-state index in [1.54, 1.807) is 11.8 Å². The maximum Gasteiger partial charge on any atom is 0.184 e. The molecule has 1 atom stereocenters. The predicted octanol–water partition coefficient (Wildman–Crippen LogP) is 2.45. The van der Waals surface area contributed by atoms with Crippen molar-refractivity contribution in [3.63, 3.8) is 0 Å². The highest BCUT2D eigenvalue weighted by atomic mass is 32.2. The SMILES string of the molecule is O/N=C1\CCCCCC[C@@H]1Sc1ncn[nH]1. The summed E-state index contributed by atoms with van der Waals surface area (Å²) in [5.41, 5.74) is 0.890. The first-order valence-corrected chi connectivity index (χ1v) is 6.51. The second kappa shape index (κ2) is 5.89. The van der Waals surface area contributed by atoms with Crippen molar-refractivity contribution in [2.24, 2.45) is 5.16 Å². The number of thioether (sulfide) groups is 1. The minimum atomic E-state index is 0.234. The molecule has 0 aromatic carbocycles. The van der Waals surface area contributed by atoms with Gasteiger partial charge in [-0.25, -0.2) is 4.98 Å². The van der Waals surface area contributed by atoms with Gasteiger partial charge in [-0.1, -0.05) is 36.2 Å². The minimum absolute atomic E-state index is 0.234. The van der Waals surface area contributed by atoms with E-state index < -0.39 is 0 Å². The fraction of sp³-hybridized carbons (Fsp3) is 0.700. The molecule has 1 aliphatic rings. The molecule has 1 aliphatic carbocycles. The van der Waals surface area contributed by atoms with Gasteiger partial charge in [-0.05, 0) is 19.3 Å². The Balaban J connectivity index is 2.02. The van der Waals surface area contributed by atoms with Crippen molar-refractivity contribution in [3.8, 4) is 0 Å². The van der Waals surface area contributed by atoms with Gasteiger partial charge >= 0.3 is 0 Å². The summed E-state index contributed by atoms with van der Waals surface area (Å²) in [4.78, 5) is 4.09. The summed E-state index contributed by atoms with van der Waals surface area (Å²) in [5, 5.41) is 20.2. The predicted molar refractivity (Wildman–Crippen MR) is 63.0 cm³/mol. The molecule has 0 bridgehead atoms. The maximum absolute atomic E-state index is 9.04. The summed E-state index contributed by atoms with van der Waals surface area (Å²) < 4.78 is 0. The van der Waals surface area contributed by atoms with E-state index >= 15 is 0 Å². The molecule has 0 saturated heterocycles. The molecule has 5 nitrogen and oxygen atoms in total. The van der Waals surface area contributed by atoms with Gasteiger partial charge in [-0.15, -0.1) is 0 Å². The molecule has 16 heavy (non-hydrogen) atoms. The van der Waals surface area contributed by atoms with Crippen LogP contribution in [0.15, 0.2) is 16.6 Å². The van der Waals surface area contributed by atoms with E-state index in [2.05, 4.69) is 20.3 Å². The molecule has 0 radical (unpaired) electrons. The normalized spacial score (nSPS) is 25.2. The minimum Gasteiger partial charge on any atom is -0.411 e. The van der Waals surface area contributed by atoms with Gasteiger partial charge in [0, 0.05) is 0 Å². The van der Waals surface area contributed by atoms with Crippen molar-refractivity contribution in [3.05, 3.63) is 6.33 Å². The van der Waals surface area contributed by atoms with Gasteiger partial charge in [0.1, 0.15) is 6.33 Å². The van der Waals surface area contributed by atoms with Crippen LogP contribution in [0, 0.1) is 0 Å². The van der Waals surface area contributed by atoms with Crippen molar-refractivity contribution in [1.82, 2.24) is 15.2 Å². The number of hydrogen-bond donors (Lipinski definition) is 2. The zero-order chi connectivity index (χ0) is 11.2. The molecule has 0 amide bonds. The van der Waals surface area contributed by atoms with Crippen molar-refractivity contribution in [1.29, 1.82) is 0 Å². The number of rotatable bonds is 2. The van der Waals surface area contributed by atoms with Gasteiger partial charge in [-0.2, -0.15) is 5.10 Å². The molecule has 0 aliphatic heterocycles. The Morgan fingerprint density at radius 2 is 2.25 bits per heavy atom. The molecule has 6 heteroatoms. The lowest BCUT2D eigenvalue weighted by molar-refractivity contribution is 0.315. The van der Waals surface area contributed by atoms with Crippen LogP contribution in [0.4, 0.5) is 0 Å². The number of hydrogen-bond acceptors (Lipinski definition) is 5. The zero-order valence-electron chi connectivity index (χ0n) is 9.09. The quantitative estimate of drug-likeness (QED) is 0.615. The van der Waals surface area contributed by atoms with Crippen LogP contribution < -0.4 is 0 Å². The van der Waals surface area contributed by atoms with Crippen molar-refractivity contribution in [2.75, 3.05) is 0 Å². The Hall–Kier alpha value is -1.04. The van der Waals surface area contributed by atoms with E-state index in [1.807, 2.05) is 0 Å². The van der Waals surface area contributed by atoms with Crippen LogP contribution in [0.5, 0.6) is 0 Å². The first-order chi connectivity index (χ1) is 7.90. The van der Waals surface area contributed by atoms with Gasteiger partial charge in [0.15, 0.2) is 5.16 Å². The first kappa shape index (κ1) is 11.4. The Kier molecular flexibility index (Phi) is 4.21. The van der Waals surface area contributed by atoms with Gasteiger partial charge in [0.25, 0.3) is 0 Å². The Bertz CT molecular complexity index is 339. The fourth-order valence-electron chi connectivity index (χ4n) is 1.94. The van der Waals surface area contributed by atoms with E-state index in [0.717, 1.165) is 30.1 Å². The van der Waals surface area contributed by atoms with Crippen LogP contribution in [0.2, 0.25) is 0 Å². The third-order valence-electron chi connectivity index (χ3n) is 2.80. The summed E-state index contributed by atoms with van der Waals surface area (Å²) in [5.74, 6) is 0. The molecule has 1 aromatic heterocycles. The smallest absolute Gasteiger partial charge is 0.184 e. The first-order valence-electron chi connectivity index (χ1n) is 5.63. The molecule has 2 rings (SSSR count). The van der Waals surface area contributed by atoms with Crippen molar-refractivity contribution in [2.45, 2.75) is 48.9 Å². The number of oxime groups is 1. The van der Waals surface area contributed by atoms with E-state index in [1.165, 1.54) is 25.6 Å². The number of nitrogens with one attached hydrogen (secondary N) is 1. The largest absolute Gasteiger partial charge is 0.411 e. The average molecular weight is 240 g/mol. The van der Waals surface area contributed by atoms with Crippen LogP contribution in [0.3, 0.4) is 0 Å². The number of aromatic amines is 1. The number of aromatic nitrogens is 3. The lowest BCUT2D eigenvalue weighted by Crippen LogP contribution is -2.19. The van der Waals surface area contributed by atoms with Crippen molar-refractivity contribution < 1.29 is 5.21 Å². The molecule has 1 aromatic rings. The standard InChI is InChI=1S/C10H16N4OS/c15-14-8-5-3-1-2-4-6-9(8)16-10-11-7-12-13-10/h7,9,15H,1-6H2,(H,11,12,13)/b14-8+/t9-/m0/s1. The molecule has 2 N–H and O–H groups in total. The van der Waals surface area contributed by atoms with Crippen LogP contribution in [-0.4, -0.2) is 31.4 Å².